The highest BCUT2D eigenvalue weighted by Gasteiger charge is 2.08. The summed E-state index contributed by atoms with van der Waals surface area (Å²) < 4.78 is 10.4. The van der Waals surface area contributed by atoms with Crippen LogP contribution >= 0.6 is 23.2 Å². The molecule has 0 radical (unpaired) electrons. The molecule has 0 heterocycles. The van der Waals surface area contributed by atoms with Crippen molar-refractivity contribution in [2.75, 3.05) is 32.8 Å². The Morgan fingerprint density at radius 3 is 2.74 bits per heavy atom. The van der Waals surface area contributed by atoms with Gasteiger partial charge in [0.25, 0.3) is 0 Å². The molecule has 19 heavy (non-hydrogen) atoms. The summed E-state index contributed by atoms with van der Waals surface area (Å²) in [4.78, 5) is 0. The number of hydrogen-bond donors (Lipinski definition) is 0. The van der Waals surface area contributed by atoms with E-state index >= 15 is 0 Å². The Hall–Kier alpha value is -0.280. The van der Waals surface area contributed by atoms with Gasteiger partial charge in [0.1, 0.15) is 0 Å². The van der Waals surface area contributed by atoms with Gasteiger partial charge in [0.15, 0.2) is 0 Å². The van der Waals surface area contributed by atoms with Crippen molar-refractivity contribution in [3.63, 3.8) is 0 Å². The minimum absolute atomic E-state index is 0.478. The van der Waals surface area contributed by atoms with E-state index in [0.717, 1.165) is 30.9 Å². The van der Waals surface area contributed by atoms with Crippen LogP contribution in [-0.2, 0) is 15.9 Å². The van der Waals surface area contributed by atoms with Gasteiger partial charge in [0.2, 0.25) is 0 Å². The summed E-state index contributed by atoms with van der Waals surface area (Å²) in [5.41, 5.74) is 1.25. The minimum Gasteiger partial charge on any atom is -0.382 e. The maximum atomic E-state index is 6.03. The van der Waals surface area contributed by atoms with E-state index in [-0.39, 0.29) is 0 Å². The van der Waals surface area contributed by atoms with E-state index in [1.165, 1.54) is 5.56 Å². The van der Waals surface area contributed by atoms with E-state index in [0.29, 0.717) is 25.0 Å². The number of halogens is 2. The van der Waals surface area contributed by atoms with Gasteiger partial charge in [-0.15, -0.1) is 11.6 Å². The number of benzene rings is 1. The molecule has 2 nitrogen and oxygen atoms in total. The van der Waals surface area contributed by atoms with E-state index in [1.54, 1.807) is 7.11 Å². The van der Waals surface area contributed by atoms with Crippen molar-refractivity contribution >= 4 is 23.2 Å². The number of alkyl halides is 1. The topological polar surface area (TPSA) is 18.5 Å². The third-order valence-electron chi connectivity index (χ3n) is 2.96. The molecule has 4 heteroatoms. The molecule has 0 aliphatic rings. The number of rotatable bonds is 10. The van der Waals surface area contributed by atoms with Gasteiger partial charge in [0, 0.05) is 24.6 Å². The molecular formula is C15H22Cl2O2. The first-order chi connectivity index (χ1) is 9.26. The molecule has 1 aromatic carbocycles. The van der Waals surface area contributed by atoms with Crippen LogP contribution in [0.25, 0.3) is 0 Å². The Labute approximate surface area is 126 Å². The third-order valence-corrected chi connectivity index (χ3v) is 3.64. The van der Waals surface area contributed by atoms with Gasteiger partial charge >= 0.3 is 0 Å². The molecule has 0 spiro atoms. The van der Waals surface area contributed by atoms with Crippen molar-refractivity contribution in [1.29, 1.82) is 0 Å². The molecular weight excluding hydrogens is 283 g/mol. The highest BCUT2D eigenvalue weighted by Crippen LogP contribution is 2.18. The van der Waals surface area contributed by atoms with Crippen molar-refractivity contribution in [2.45, 2.75) is 19.3 Å². The van der Waals surface area contributed by atoms with Gasteiger partial charge in [-0.1, -0.05) is 23.7 Å². The van der Waals surface area contributed by atoms with Gasteiger partial charge < -0.3 is 9.47 Å². The number of hydrogen-bond acceptors (Lipinski definition) is 2. The minimum atomic E-state index is 0.478. The zero-order chi connectivity index (χ0) is 13.9. The van der Waals surface area contributed by atoms with Crippen LogP contribution in [0.2, 0.25) is 5.02 Å². The lowest BCUT2D eigenvalue weighted by molar-refractivity contribution is 0.0675. The second kappa shape index (κ2) is 10.5. The monoisotopic (exact) mass is 304 g/mol. The Bertz CT molecular complexity index is 345. The highest BCUT2D eigenvalue weighted by molar-refractivity contribution is 6.30. The summed E-state index contributed by atoms with van der Waals surface area (Å²) in [5, 5.41) is 0.786. The maximum absolute atomic E-state index is 6.03. The summed E-state index contributed by atoms with van der Waals surface area (Å²) in [6, 6.07) is 7.98. The summed E-state index contributed by atoms with van der Waals surface area (Å²) in [5.74, 6) is 1.15. The van der Waals surface area contributed by atoms with Crippen LogP contribution in [-0.4, -0.2) is 32.8 Å². The molecule has 0 saturated carbocycles. The molecule has 0 bridgehead atoms. The van der Waals surface area contributed by atoms with Crippen molar-refractivity contribution in [3.05, 3.63) is 34.9 Å². The first-order valence-electron chi connectivity index (χ1n) is 6.63. The SMILES string of the molecule is COCCOCCCC(CCl)Cc1cccc(Cl)c1. The predicted molar refractivity (Wildman–Crippen MR) is 81.3 cm³/mol. The van der Waals surface area contributed by atoms with Gasteiger partial charge in [-0.2, -0.15) is 0 Å². The van der Waals surface area contributed by atoms with Crippen molar-refractivity contribution in [2.24, 2.45) is 5.92 Å². The normalized spacial score (nSPS) is 12.6. The lowest BCUT2D eigenvalue weighted by atomic mass is 9.97. The summed E-state index contributed by atoms with van der Waals surface area (Å²) in [6.07, 6.45) is 3.08. The van der Waals surface area contributed by atoms with E-state index in [2.05, 4.69) is 6.07 Å². The largest absolute Gasteiger partial charge is 0.382 e. The fourth-order valence-corrected chi connectivity index (χ4v) is 2.43. The quantitative estimate of drug-likeness (QED) is 0.477. The molecule has 0 fully saturated rings. The van der Waals surface area contributed by atoms with Gasteiger partial charge in [-0.25, -0.2) is 0 Å². The standard InChI is InChI=1S/C15H22Cl2O2/c1-18-8-9-19-7-3-5-14(12-16)10-13-4-2-6-15(17)11-13/h2,4,6,11,14H,3,5,7-10,12H2,1H3. The van der Waals surface area contributed by atoms with Crippen LogP contribution in [0.3, 0.4) is 0 Å². The van der Waals surface area contributed by atoms with Crippen LogP contribution in [0, 0.1) is 5.92 Å². The zero-order valence-corrected chi connectivity index (χ0v) is 12.9. The average molecular weight is 305 g/mol. The van der Waals surface area contributed by atoms with E-state index in [9.17, 15) is 0 Å². The first-order valence-corrected chi connectivity index (χ1v) is 7.54. The predicted octanol–water partition coefficient (Wildman–Crippen LogP) is 4.18. The summed E-state index contributed by atoms with van der Waals surface area (Å²) in [7, 11) is 1.68. The van der Waals surface area contributed by atoms with Gasteiger partial charge in [0.05, 0.1) is 13.2 Å². The molecule has 1 atom stereocenters. The Morgan fingerprint density at radius 1 is 1.21 bits per heavy atom. The second-order valence-corrected chi connectivity index (χ2v) is 5.35. The van der Waals surface area contributed by atoms with E-state index in [4.69, 9.17) is 32.7 Å². The van der Waals surface area contributed by atoms with Crippen LogP contribution in [0.4, 0.5) is 0 Å². The molecule has 0 aromatic heterocycles. The molecule has 108 valence electrons. The smallest absolute Gasteiger partial charge is 0.0700 e. The molecule has 1 rings (SSSR count). The Balaban J connectivity index is 2.22. The van der Waals surface area contributed by atoms with Crippen LogP contribution in [0.15, 0.2) is 24.3 Å². The van der Waals surface area contributed by atoms with Crippen LogP contribution in [0.5, 0.6) is 0 Å². The Kier molecular flexibility index (Phi) is 9.27. The fraction of sp³-hybridized carbons (Fsp3) is 0.600. The van der Waals surface area contributed by atoms with E-state index < -0.39 is 0 Å². The van der Waals surface area contributed by atoms with Crippen LogP contribution in [0.1, 0.15) is 18.4 Å². The van der Waals surface area contributed by atoms with Crippen molar-refractivity contribution in [1.82, 2.24) is 0 Å². The summed E-state index contributed by atoms with van der Waals surface area (Å²) in [6.45, 7) is 2.09. The van der Waals surface area contributed by atoms with Crippen molar-refractivity contribution < 1.29 is 9.47 Å². The average Bonchev–Trinajstić information content (AvgIpc) is 2.41. The second-order valence-electron chi connectivity index (χ2n) is 4.60. The first kappa shape index (κ1) is 16.8. The molecule has 1 aromatic rings. The van der Waals surface area contributed by atoms with E-state index in [1.807, 2.05) is 18.2 Å². The molecule has 0 amide bonds. The Morgan fingerprint density at radius 2 is 2.05 bits per heavy atom. The molecule has 0 aliphatic carbocycles. The maximum Gasteiger partial charge on any atom is 0.0700 e. The molecule has 0 saturated heterocycles. The molecule has 0 N–H and O–H groups in total. The lowest BCUT2D eigenvalue weighted by Crippen LogP contribution is -2.09. The van der Waals surface area contributed by atoms with Gasteiger partial charge in [-0.3, -0.25) is 0 Å². The molecule has 0 aliphatic heterocycles. The van der Waals surface area contributed by atoms with Crippen LogP contribution < -0.4 is 0 Å². The van der Waals surface area contributed by atoms with Crippen molar-refractivity contribution in [3.8, 4) is 0 Å². The van der Waals surface area contributed by atoms with Gasteiger partial charge in [-0.05, 0) is 42.9 Å². The lowest BCUT2D eigenvalue weighted by Gasteiger charge is -2.14. The summed E-state index contributed by atoms with van der Waals surface area (Å²) >= 11 is 12.0. The zero-order valence-electron chi connectivity index (χ0n) is 11.4. The third kappa shape index (κ3) is 7.78. The fourth-order valence-electron chi connectivity index (χ4n) is 1.95. The highest BCUT2D eigenvalue weighted by atomic mass is 35.5. The number of ether oxygens (including phenoxy) is 2. The molecule has 1 unspecified atom stereocenters. The number of methoxy groups -OCH3 is 1.